The largest absolute Gasteiger partial charge is 0.493 e. The van der Waals surface area contributed by atoms with Gasteiger partial charge in [0.05, 0.1) is 28.7 Å². The molecule has 0 fully saturated rings. The lowest BCUT2D eigenvalue weighted by molar-refractivity contribution is 0.328. The third kappa shape index (κ3) is 3.74. The van der Waals surface area contributed by atoms with E-state index in [-0.39, 0.29) is 6.61 Å². The zero-order chi connectivity index (χ0) is 20.3. The fourth-order valence-corrected chi connectivity index (χ4v) is 3.41. The van der Waals surface area contributed by atoms with Gasteiger partial charge in [-0.25, -0.2) is 4.79 Å². The Morgan fingerprint density at radius 1 is 1.29 bits per heavy atom. The van der Waals surface area contributed by atoms with Crippen LogP contribution in [0.2, 0.25) is 0 Å². The highest BCUT2D eigenvalue weighted by atomic mass is 79.9. The quantitative estimate of drug-likeness (QED) is 0.425. The number of rotatable bonds is 5. The van der Waals surface area contributed by atoms with Gasteiger partial charge in [-0.15, -0.1) is 11.1 Å². The zero-order valence-corrected chi connectivity index (χ0v) is 17.7. The summed E-state index contributed by atoms with van der Waals surface area (Å²) in [7, 11) is 1.48. The average Bonchev–Trinajstić information content (AvgIpc) is 2.70. The molecule has 0 unspecified atom stereocenters. The molecule has 142 valence electrons. The second kappa shape index (κ2) is 8.46. The van der Waals surface area contributed by atoms with Crippen LogP contribution in [0.15, 0.2) is 54.0 Å². The highest BCUT2D eigenvalue weighted by Crippen LogP contribution is 2.42. The fourth-order valence-electron chi connectivity index (χ4n) is 2.48. The molecule has 7 nitrogen and oxygen atoms in total. The smallest absolute Gasteiger partial charge is 0.349 e. The summed E-state index contributed by atoms with van der Waals surface area (Å²) in [4.78, 5) is 27.4. The summed E-state index contributed by atoms with van der Waals surface area (Å²) in [6, 6.07) is 8.36. The molecule has 9 heteroatoms. The van der Waals surface area contributed by atoms with Crippen molar-refractivity contribution in [3.05, 3.63) is 65.7 Å². The van der Waals surface area contributed by atoms with Crippen LogP contribution in [0.5, 0.6) is 11.5 Å². The third-order valence-electron chi connectivity index (χ3n) is 3.77. The van der Waals surface area contributed by atoms with Crippen LogP contribution in [-0.2, 0) is 0 Å². The highest BCUT2D eigenvalue weighted by molar-refractivity contribution is 9.13. The standard InChI is InChI=1S/C19H13Br2N3O4/c1-3-8-28-17-14(27-2)9-11(15(20)16(17)21)10-22-24-18(25)12-6-4-5-7-13(12)23-19(24)26/h1,4-7,9-10H,8H2,2H3,(H,23,26). The van der Waals surface area contributed by atoms with Crippen LogP contribution in [0.3, 0.4) is 0 Å². The zero-order valence-electron chi connectivity index (χ0n) is 14.5. The Morgan fingerprint density at radius 2 is 2.04 bits per heavy atom. The van der Waals surface area contributed by atoms with Crippen LogP contribution in [-0.4, -0.2) is 29.6 Å². The van der Waals surface area contributed by atoms with Crippen LogP contribution in [0.4, 0.5) is 0 Å². The van der Waals surface area contributed by atoms with Crippen molar-refractivity contribution < 1.29 is 9.47 Å². The maximum atomic E-state index is 12.6. The number of nitrogens with zero attached hydrogens (tertiary/aromatic N) is 2. The summed E-state index contributed by atoms with van der Waals surface area (Å²) in [5, 5.41) is 4.41. The molecule has 0 radical (unpaired) electrons. The molecule has 0 bridgehead atoms. The van der Waals surface area contributed by atoms with Crippen LogP contribution < -0.4 is 20.7 Å². The summed E-state index contributed by atoms with van der Waals surface area (Å²) in [5.74, 6) is 3.22. The van der Waals surface area contributed by atoms with E-state index in [1.807, 2.05) is 0 Å². The predicted octanol–water partition coefficient (Wildman–Crippen LogP) is 3.12. The van der Waals surface area contributed by atoms with Gasteiger partial charge in [-0.3, -0.25) is 4.79 Å². The van der Waals surface area contributed by atoms with Gasteiger partial charge in [0.1, 0.15) is 6.61 Å². The molecule has 0 spiro atoms. The Balaban J connectivity index is 2.10. The lowest BCUT2D eigenvalue weighted by Crippen LogP contribution is -2.32. The van der Waals surface area contributed by atoms with Crippen LogP contribution in [0.25, 0.3) is 10.9 Å². The number of benzene rings is 2. The number of hydrogen-bond donors (Lipinski definition) is 1. The first-order chi connectivity index (χ1) is 13.5. The topological polar surface area (TPSA) is 85.7 Å². The minimum Gasteiger partial charge on any atom is -0.493 e. The van der Waals surface area contributed by atoms with Crippen LogP contribution in [0.1, 0.15) is 5.56 Å². The van der Waals surface area contributed by atoms with Gasteiger partial charge in [0, 0.05) is 10.0 Å². The molecule has 0 atom stereocenters. The second-order valence-corrected chi connectivity index (χ2v) is 7.04. The molecule has 1 heterocycles. The summed E-state index contributed by atoms with van der Waals surface area (Å²) in [6.45, 7) is 0.0662. The molecule has 1 aromatic heterocycles. The highest BCUT2D eigenvalue weighted by Gasteiger charge is 2.16. The van der Waals surface area contributed by atoms with Crippen molar-refractivity contribution in [2.45, 2.75) is 0 Å². The summed E-state index contributed by atoms with van der Waals surface area (Å²) in [6.07, 6.45) is 6.61. The number of fused-ring (bicyclic) bond motifs is 1. The van der Waals surface area contributed by atoms with E-state index in [0.29, 0.717) is 36.9 Å². The van der Waals surface area contributed by atoms with E-state index < -0.39 is 11.2 Å². The SMILES string of the molecule is C#CCOc1c(OC)cc(C=Nn2c(=O)[nH]c3ccccc3c2=O)c(Br)c1Br. The maximum Gasteiger partial charge on any atom is 0.349 e. The second-order valence-electron chi connectivity index (χ2n) is 5.46. The Labute approximate surface area is 176 Å². The molecule has 3 rings (SSSR count). The van der Waals surface area contributed by atoms with Crippen molar-refractivity contribution in [1.82, 2.24) is 9.66 Å². The summed E-state index contributed by atoms with van der Waals surface area (Å²) < 4.78 is 12.7. The molecule has 0 aliphatic heterocycles. The number of halogens is 2. The fraction of sp³-hybridized carbons (Fsp3) is 0.105. The summed E-state index contributed by atoms with van der Waals surface area (Å²) in [5.41, 5.74) is -0.163. The average molecular weight is 507 g/mol. The van der Waals surface area contributed by atoms with Crippen molar-refractivity contribution in [3.8, 4) is 23.8 Å². The number of methoxy groups -OCH3 is 1. The number of nitrogens with one attached hydrogen (secondary N) is 1. The van der Waals surface area contributed by atoms with Crippen molar-refractivity contribution in [3.63, 3.8) is 0 Å². The van der Waals surface area contributed by atoms with Gasteiger partial charge in [-0.05, 0) is 50.1 Å². The molecule has 0 amide bonds. The molecule has 0 aliphatic rings. The van der Waals surface area contributed by atoms with E-state index in [2.05, 4.69) is 47.9 Å². The molecule has 0 saturated carbocycles. The van der Waals surface area contributed by atoms with Crippen molar-refractivity contribution in [1.29, 1.82) is 0 Å². The molecule has 28 heavy (non-hydrogen) atoms. The summed E-state index contributed by atoms with van der Waals surface area (Å²) >= 11 is 6.86. The van der Waals surface area contributed by atoms with Gasteiger partial charge >= 0.3 is 5.69 Å². The number of aromatic amines is 1. The molecule has 0 aliphatic carbocycles. The van der Waals surface area contributed by atoms with E-state index in [9.17, 15) is 9.59 Å². The van der Waals surface area contributed by atoms with Crippen molar-refractivity contribution in [2.24, 2.45) is 5.10 Å². The Bertz CT molecular complexity index is 1240. The number of terminal acetylenes is 1. The molecule has 0 saturated heterocycles. The van der Waals surface area contributed by atoms with Gasteiger partial charge in [0.2, 0.25) is 0 Å². The third-order valence-corrected chi connectivity index (χ3v) is 5.91. The monoisotopic (exact) mass is 505 g/mol. The van der Waals surface area contributed by atoms with Gasteiger partial charge in [0.15, 0.2) is 11.5 Å². The van der Waals surface area contributed by atoms with E-state index in [1.165, 1.54) is 13.3 Å². The molecule has 1 N–H and O–H groups in total. The van der Waals surface area contributed by atoms with E-state index >= 15 is 0 Å². The van der Waals surface area contributed by atoms with Gasteiger partial charge in [-0.1, -0.05) is 18.1 Å². The number of hydrogen-bond acceptors (Lipinski definition) is 5. The number of H-pyrrole nitrogens is 1. The Hall–Kier alpha value is -2.83. The minimum absolute atomic E-state index is 0.0662. The first-order valence-electron chi connectivity index (χ1n) is 7.88. The Kier molecular flexibility index (Phi) is 6.02. The number of para-hydroxylation sites is 1. The van der Waals surface area contributed by atoms with Crippen LogP contribution >= 0.6 is 31.9 Å². The van der Waals surface area contributed by atoms with Crippen molar-refractivity contribution >= 4 is 49.0 Å². The lowest BCUT2D eigenvalue weighted by atomic mass is 10.2. The van der Waals surface area contributed by atoms with Crippen molar-refractivity contribution in [2.75, 3.05) is 13.7 Å². The first kappa shape index (κ1) is 19.9. The molecular weight excluding hydrogens is 494 g/mol. The minimum atomic E-state index is -0.643. The van der Waals surface area contributed by atoms with Gasteiger partial charge in [0.25, 0.3) is 5.56 Å². The number of aromatic nitrogens is 2. The lowest BCUT2D eigenvalue weighted by Gasteiger charge is -2.13. The molecule has 3 aromatic rings. The maximum absolute atomic E-state index is 12.6. The predicted molar refractivity (Wildman–Crippen MR) is 115 cm³/mol. The number of ether oxygens (including phenoxy) is 2. The first-order valence-corrected chi connectivity index (χ1v) is 9.47. The Morgan fingerprint density at radius 3 is 2.75 bits per heavy atom. The molecular formula is C19H13Br2N3O4. The van der Waals surface area contributed by atoms with Crippen LogP contribution in [0, 0.1) is 12.3 Å². The van der Waals surface area contributed by atoms with Gasteiger partial charge in [-0.2, -0.15) is 5.10 Å². The van der Waals surface area contributed by atoms with E-state index in [4.69, 9.17) is 15.9 Å². The van der Waals surface area contributed by atoms with E-state index in [1.54, 1.807) is 30.3 Å². The van der Waals surface area contributed by atoms with E-state index in [0.717, 1.165) is 4.68 Å². The normalized spacial score (nSPS) is 10.9. The molecule has 2 aromatic carbocycles. The van der Waals surface area contributed by atoms with Gasteiger partial charge < -0.3 is 14.5 Å².